The summed E-state index contributed by atoms with van der Waals surface area (Å²) in [6, 6.07) is 2.53. The molecule has 1 aliphatic rings. The van der Waals surface area contributed by atoms with Crippen LogP contribution in [-0.4, -0.2) is 41.1 Å². The molecule has 0 amide bonds. The third-order valence-electron chi connectivity index (χ3n) is 3.65. The summed E-state index contributed by atoms with van der Waals surface area (Å²) in [5.41, 5.74) is 0.254. The van der Waals surface area contributed by atoms with Crippen LogP contribution < -0.4 is 5.32 Å². The lowest BCUT2D eigenvalue weighted by atomic mass is 9.99. The van der Waals surface area contributed by atoms with Gasteiger partial charge in [-0.3, -0.25) is 15.0 Å². The molecule has 0 unspecified atom stereocenters. The second-order valence-corrected chi connectivity index (χ2v) is 5.20. The molecule has 2 rings (SSSR count). The molecule has 0 spiro atoms. The SMILES string of the molecule is CC[C@H](c1c([N+](=O)[O-])ccc(Cl)c1O)N1CCNCC1.Cl.Cl. The van der Waals surface area contributed by atoms with Crippen LogP contribution in [0.2, 0.25) is 5.02 Å². The quantitative estimate of drug-likeness (QED) is 0.627. The second-order valence-electron chi connectivity index (χ2n) is 4.80. The van der Waals surface area contributed by atoms with Crippen molar-refractivity contribution in [1.29, 1.82) is 0 Å². The van der Waals surface area contributed by atoms with Crippen molar-refractivity contribution >= 4 is 42.1 Å². The second kappa shape index (κ2) is 9.37. The highest BCUT2D eigenvalue weighted by atomic mass is 35.5. The van der Waals surface area contributed by atoms with Crippen LogP contribution in [0, 0.1) is 10.1 Å². The fraction of sp³-hybridized carbons (Fsp3) is 0.538. The number of halogens is 3. The molecule has 2 N–H and O–H groups in total. The highest BCUT2D eigenvalue weighted by molar-refractivity contribution is 6.32. The van der Waals surface area contributed by atoms with Gasteiger partial charge in [-0.25, -0.2) is 0 Å². The Labute approximate surface area is 146 Å². The lowest BCUT2D eigenvalue weighted by Gasteiger charge is -2.34. The Morgan fingerprint density at radius 1 is 1.41 bits per heavy atom. The summed E-state index contributed by atoms with van der Waals surface area (Å²) in [6.07, 6.45) is 0.675. The predicted molar refractivity (Wildman–Crippen MR) is 91.7 cm³/mol. The van der Waals surface area contributed by atoms with Gasteiger partial charge in [0.15, 0.2) is 0 Å². The van der Waals surface area contributed by atoms with Gasteiger partial charge >= 0.3 is 0 Å². The lowest BCUT2D eigenvalue weighted by molar-refractivity contribution is -0.386. The van der Waals surface area contributed by atoms with Gasteiger partial charge in [-0.05, 0) is 12.5 Å². The Balaban J connectivity index is 0.00000220. The topological polar surface area (TPSA) is 78.6 Å². The first-order chi connectivity index (χ1) is 9.56. The maximum atomic E-state index is 11.2. The summed E-state index contributed by atoms with van der Waals surface area (Å²) < 4.78 is 0. The van der Waals surface area contributed by atoms with Gasteiger partial charge < -0.3 is 10.4 Å². The largest absolute Gasteiger partial charge is 0.506 e. The van der Waals surface area contributed by atoms with E-state index in [1.807, 2.05) is 6.92 Å². The van der Waals surface area contributed by atoms with Crippen LogP contribution in [0.5, 0.6) is 5.75 Å². The van der Waals surface area contributed by atoms with Gasteiger partial charge in [0.1, 0.15) is 5.75 Å². The number of hydrogen-bond acceptors (Lipinski definition) is 5. The van der Waals surface area contributed by atoms with E-state index in [-0.39, 0.29) is 47.3 Å². The van der Waals surface area contributed by atoms with Gasteiger partial charge in [-0.15, -0.1) is 24.8 Å². The molecule has 1 fully saturated rings. The minimum atomic E-state index is -0.462. The van der Waals surface area contributed by atoms with Crippen LogP contribution >= 0.6 is 36.4 Å². The molecule has 0 radical (unpaired) electrons. The summed E-state index contributed by atoms with van der Waals surface area (Å²) >= 11 is 5.93. The van der Waals surface area contributed by atoms with Crippen molar-refractivity contribution < 1.29 is 10.0 Å². The summed E-state index contributed by atoms with van der Waals surface area (Å²) in [4.78, 5) is 12.9. The fourth-order valence-electron chi connectivity index (χ4n) is 2.70. The smallest absolute Gasteiger partial charge is 0.278 e. The molecular weight excluding hydrogens is 353 g/mol. The van der Waals surface area contributed by atoms with E-state index in [0.717, 1.165) is 26.2 Å². The van der Waals surface area contributed by atoms with Crippen molar-refractivity contribution in [3.05, 3.63) is 32.8 Å². The molecule has 1 aromatic carbocycles. The monoisotopic (exact) mass is 371 g/mol. The first kappa shape index (κ1) is 21.2. The Bertz CT molecular complexity index is 511. The summed E-state index contributed by atoms with van der Waals surface area (Å²) in [5, 5.41) is 24.8. The number of benzene rings is 1. The molecule has 22 heavy (non-hydrogen) atoms. The maximum Gasteiger partial charge on any atom is 0.278 e. The van der Waals surface area contributed by atoms with E-state index >= 15 is 0 Å². The molecule has 1 aromatic rings. The Morgan fingerprint density at radius 2 is 2.00 bits per heavy atom. The van der Waals surface area contributed by atoms with Crippen LogP contribution in [0.4, 0.5) is 5.69 Å². The Hall–Kier alpha value is -0.790. The first-order valence-corrected chi connectivity index (χ1v) is 7.04. The normalized spacial score (nSPS) is 16.3. The maximum absolute atomic E-state index is 11.2. The number of nitro benzene ring substituents is 1. The summed E-state index contributed by atoms with van der Waals surface area (Å²) in [5.74, 6) is -0.175. The Morgan fingerprint density at radius 3 is 2.50 bits per heavy atom. The number of phenols is 1. The van der Waals surface area contributed by atoms with Crippen molar-refractivity contribution in [3.63, 3.8) is 0 Å². The molecule has 1 aliphatic heterocycles. The fourth-order valence-corrected chi connectivity index (χ4v) is 2.86. The molecule has 9 heteroatoms. The number of nitrogens with zero attached hydrogens (tertiary/aromatic N) is 2. The average Bonchev–Trinajstić information content (AvgIpc) is 2.45. The van der Waals surface area contributed by atoms with Gasteiger partial charge in [0.25, 0.3) is 5.69 Å². The van der Waals surface area contributed by atoms with E-state index in [2.05, 4.69) is 10.2 Å². The van der Waals surface area contributed by atoms with Gasteiger partial charge in [-0.2, -0.15) is 0 Å². The van der Waals surface area contributed by atoms with Crippen molar-refractivity contribution in [3.8, 4) is 5.75 Å². The third kappa shape index (κ3) is 4.36. The van der Waals surface area contributed by atoms with Crippen LogP contribution in [0.3, 0.4) is 0 Å². The summed E-state index contributed by atoms with van der Waals surface area (Å²) in [6.45, 7) is 5.22. The lowest BCUT2D eigenvalue weighted by Crippen LogP contribution is -2.45. The van der Waals surface area contributed by atoms with Crippen molar-refractivity contribution in [2.45, 2.75) is 19.4 Å². The molecule has 0 saturated carbocycles. The predicted octanol–water partition coefficient (Wildman–Crippen LogP) is 3.15. The van der Waals surface area contributed by atoms with Crippen LogP contribution in [0.15, 0.2) is 12.1 Å². The number of nitrogens with one attached hydrogen (secondary N) is 1. The molecule has 0 bridgehead atoms. The minimum absolute atomic E-state index is 0. The van der Waals surface area contributed by atoms with E-state index in [1.54, 1.807) is 0 Å². The Kier molecular flexibility index (Phi) is 9.04. The highest BCUT2D eigenvalue weighted by Crippen LogP contribution is 2.41. The van der Waals surface area contributed by atoms with Crippen molar-refractivity contribution in [1.82, 2.24) is 10.2 Å². The number of piperazine rings is 1. The zero-order valence-electron chi connectivity index (χ0n) is 12.1. The highest BCUT2D eigenvalue weighted by Gasteiger charge is 2.31. The molecule has 6 nitrogen and oxygen atoms in total. The van der Waals surface area contributed by atoms with Gasteiger partial charge in [0.2, 0.25) is 0 Å². The molecule has 1 saturated heterocycles. The van der Waals surface area contributed by atoms with Gasteiger partial charge in [-0.1, -0.05) is 18.5 Å². The summed E-state index contributed by atoms with van der Waals surface area (Å²) in [7, 11) is 0. The number of hydrogen-bond donors (Lipinski definition) is 2. The molecule has 126 valence electrons. The molecule has 1 atom stereocenters. The molecule has 0 aliphatic carbocycles. The molecule has 0 aromatic heterocycles. The number of nitro groups is 1. The minimum Gasteiger partial charge on any atom is -0.506 e. The van der Waals surface area contributed by atoms with E-state index in [9.17, 15) is 15.2 Å². The van der Waals surface area contributed by atoms with Crippen LogP contribution in [-0.2, 0) is 0 Å². The number of rotatable bonds is 4. The van der Waals surface area contributed by atoms with Gasteiger partial charge in [0, 0.05) is 38.3 Å². The van der Waals surface area contributed by atoms with E-state index in [1.165, 1.54) is 12.1 Å². The average molecular weight is 373 g/mol. The molecule has 1 heterocycles. The van der Waals surface area contributed by atoms with Crippen LogP contribution in [0.25, 0.3) is 0 Å². The van der Waals surface area contributed by atoms with Crippen molar-refractivity contribution in [2.75, 3.05) is 26.2 Å². The molecular formula is C13H20Cl3N3O3. The number of aromatic hydroxyl groups is 1. The first-order valence-electron chi connectivity index (χ1n) is 6.66. The van der Waals surface area contributed by atoms with Gasteiger partial charge in [0.05, 0.1) is 15.5 Å². The zero-order valence-corrected chi connectivity index (χ0v) is 14.5. The third-order valence-corrected chi connectivity index (χ3v) is 3.96. The zero-order chi connectivity index (χ0) is 14.7. The van der Waals surface area contributed by atoms with E-state index < -0.39 is 4.92 Å². The standard InChI is InChI=1S/C13H18ClN3O3.2ClH/c1-2-10(16-7-5-15-6-8-16)12-11(17(19)20)4-3-9(14)13(12)18;;/h3-4,10,15,18H,2,5-8H2,1H3;2*1H/t10-;;/m1../s1. The van der Waals surface area contributed by atoms with Crippen LogP contribution in [0.1, 0.15) is 24.9 Å². The van der Waals surface area contributed by atoms with Crippen molar-refractivity contribution in [2.24, 2.45) is 0 Å². The van der Waals surface area contributed by atoms with E-state index in [4.69, 9.17) is 11.6 Å². The number of phenolic OH excluding ortho intramolecular Hbond substituents is 1. The van der Waals surface area contributed by atoms with E-state index in [0.29, 0.717) is 12.0 Å².